The van der Waals surface area contributed by atoms with E-state index in [1.54, 1.807) is 0 Å². The molecule has 0 saturated heterocycles. The van der Waals surface area contributed by atoms with E-state index in [1.165, 1.54) is 0 Å². The summed E-state index contributed by atoms with van der Waals surface area (Å²) in [6.45, 7) is 5.92. The Morgan fingerprint density at radius 1 is 1.45 bits per heavy atom. The van der Waals surface area contributed by atoms with Crippen molar-refractivity contribution in [1.29, 1.82) is 0 Å². The van der Waals surface area contributed by atoms with E-state index in [4.69, 9.17) is 0 Å². The molecule has 0 N–H and O–H groups in total. The maximum Gasteiger partial charge on any atom is 0.125 e. The van der Waals surface area contributed by atoms with Crippen molar-refractivity contribution in [2.45, 2.75) is 39.4 Å². The molecule has 0 aliphatic carbocycles. The summed E-state index contributed by atoms with van der Waals surface area (Å²) in [5.74, 6) is 0. The highest BCUT2D eigenvalue weighted by molar-refractivity contribution is 5.17. The van der Waals surface area contributed by atoms with Crippen LogP contribution in [0.25, 0.3) is 0 Å². The minimum absolute atomic E-state index is 0.341. The molecule has 0 aromatic heterocycles. The van der Waals surface area contributed by atoms with Crippen LogP contribution in [0.3, 0.4) is 0 Å². The van der Waals surface area contributed by atoms with Gasteiger partial charge in [0.15, 0.2) is 0 Å². The van der Waals surface area contributed by atoms with Gasteiger partial charge in [-0.1, -0.05) is 0 Å². The predicted octanol–water partition coefficient (Wildman–Crippen LogP) is 2.34. The third kappa shape index (κ3) is 1.39. The molecule has 0 saturated carbocycles. The van der Waals surface area contributed by atoms with Gasteiger partial charge in [0.05, 0.1) is 0 Å². The Hall–Kier alpha value is -0.530. The van der Waals surface area contributed by atoms with Crippen LogP contribution in [0, 0.1) is 0 Å². The van der Waals surface area contributed by atoms with Crippen LogP contribution in [0.2, 0.25) is 0 Å². The molecule has 2 heteroatoms. The van der Waals surface area contributed by atoms with Crippen molar-refractivity contribution in [1.82, 2.24) is 4.90 Å². The summed E-state index contributed by atoms with van der Waals surface area (Å²) in [4.78, 5) is 2.14. The highest BCUT2D eigenvalue weighted by Crippen LogP contribution is 2.26. The number of hydrogen-bond acceptors (Lipinski definition) is 1. The largest absolute Gasteiger partial charge is 0.375 e. The molecule has 1 aliphatic rings. The van der Waals surface area contributed by atoms with E-state index in [0.717, 1.165) is 11.3 Å². The van der Waals surface area contributed by atoms with Crippen LogP contribution < -0.4 is 0 Å². The van der Waals surface area contributed by atoms with Gasteiger partial charge < -0.3 is 4.90 Å². The fraction of sp³-hybridized carbons (Fsp3) is 0.778. The van der Waals surface area contributed by atoms with Crippen molar-refractivity contribution in [3.63, 3.8) is 0 Å². The Balaban J connectivity index is 2.89. The molecule has 64 valence electrons. The lowest BCUT2D eigenvalue weighted by Crippen LogP contribution is -2.36. The third-order valence-corrected chi connectivity index (χ3v) is 2.78. The first-order valence-electron chi connectivity index (χ1n) is 4.08. The highest BCUT2D eigenvalue weighted by atomic mass is 19.1. The quantitative estimate of drug-likeness (QED) is 0.521. The van der Waals surface area contributed by atoms with Gasteiger partial charge in [-0.2, -0.15) is 0 Å². The summed E-state index contributed by atoms with van der Waals surface area (Å²) in [7, 11) is 2.02. The smallest absolute Gasteiger partial charge is 0.125 e. The summed E-state index contributed by atoms with van der Waals surface area (Å²) in [6.07, 6.45) is -0.0825. The molecule has 0 fully saturated rings. The van der Waals surface area contributed by atoms with Gasteiger partial charge in [0.25, 0.3) is 0 Å². The average molecular weight is 157 g/mol. The number of rotatable bonds is 0. The van der Waals surface area contributed by atoms with Crippen LogP contribution in [0.1, 0.15) is 27.2 Å². The topological polar surface area (TPSA) is 3.24 Å². The molecule has 0 radical (unpaired) electrons. The van der Waals surface area contributed by atoms with Crippen molar-refractivity contribution in [3.05, 3.63) is 11.3 Å². The lowest BCUT2D eigenvalue weighted by molar-refractivity contribution is 0.210. The minimum atomic E-state index is -0.721. The molecule has 1 aliphatic heterocycles. The third-order valence-electron chi connectivity index (χ3n) is 2.78. The zero-order valence-corrected chi connectivity index (χ0v) is 7.69. The summed E-state index contributed by atoms with van der Waals surface area (Å²) < 4.78 is 13.2. The van der Waals surface area contributed by atoms with Gasteiger partial charge in [-0.05, 0) is 26.3 Å². The molecule has 11 heavy (non-hydrogen) atoms. The molecular weight excluding hydrogens is 141 g/mol. The van der Waals surface area contributed by atoms with E-state index in [9.17, 15) is 4.39 Å². The molecule has 1 heterocycles. The summed E-state index contributed by atoms with van der Waals surface area (Å²) in [5, 5.41) is 0. The second kappa shape index (κ2) is 2.84. The van der Waals surface area contributed by atoms with Crippen molar-refractivity contribution in [2.75, 3.05) is 7.05 Å². The maximum atomic E-state index is 13.2. The van der Waals surface area contributed by atoms with E-state index in [0.29, 0.717) is 12.5 Å². The fourth-order valence-electron chi connectivity index (χ4n) is 1.47. The first-order chi connectivity index (χ1) is 5.04. The Kier molecular flexibility index (Phi) is 2.21. The lowest BCUT2D eigenvalue weighted by Gasteiger charge is -2.35. The zero-order chi connectivity index (χ0) is 8.59. The van der Waals surface area contributed by atoms with E-state index >= 15 is 0 Å². The molecule has 1 nitrogen and oxygen atoms in total. The molecule has 0 bridgehead atoms. The van der Waals surface area contributed by atoms with Crippen molar-refractivity contribution in [3.8, 4) is 0 Å². The minimum Gasteiger partial charge on any atom is -0.375 e. The lowest BCUT2D eigenvalue weighted by atomic mass is 9.97. The monoisotopic (exact) mass is 157 g/mol. The number of alkyl halides is 1. The summed E-state index contributed by atoms with van der Waals surface area (Å²) in [6, 6.07) is 0.341. The average Bonchev–Trinajstić information content (AvgIpc) is 1.97. The van der Waals surface area contributed by atoms with Gasteiger partial charge in [-0.3, -0.25) is 0 Å². The Bertz CT molecular complexity index is 186. The van der Waals surface area contributed by atoms with E-state index < -0.39 is 6.17 Å². The first-order valence-corrected chi connectivity index (χ1v) is 4.08. The highest BCUT2D eigenvalue weighted by Gasteiger charge is 2.25. The van der Waals surface area contributed by atoms with Gasteiger partial charge in [0.2, 0.25) is 0 Å². The Labute approximate surface area is 67.9 Å². The summed E-state index contributed by atoms with van der Waals surface area (Å²) in [5.41, 5.74) is 1.99. The van der Waals surface area contributed by atoms with Gasteiger partial charge >= 0.3 is 0 Å². The van der Waals surface area contributed by atoms with Gasteiger partial charge in [-0.15, -0.1) is 0 Å². The van der Waals surface area contributed by atoms with E-state index in [2.05, 4.69) is 11.8 Å². The van der Waals surface area contributed by atoms with Crippen LogP contribution in [0.5, 0.6) is 0 Å². The molecule has 0 spiro atoms. The van der Waals surface area contributed by atoms with Crippen LogP contribution in [-0.4, -0.2) is 24.2 Å². The fourth-order valence-corrected chi connectivity index (χ4v) is 1.47. The normalized spacial score (nSPS) is 33.0. The number of hydrogen-bond donors (Lipinski definition) is 0. The van der Waals surface area contributed by atoms with Crippen LogP contribution in [-0.2, 0) is 0 Å². The van der Waals surface area contributed by atoms with Crippen molar-refractivity contribution >= 4 is 0 Å². The maximum absolute atomic E-state index is 13.2. The second-order valence-electron chi connectivity index (χ2n) is 3.43. The van der Waals surface area contributed by atoms with E-state index in [-0.39, 0.29) is 0 Å². The Morgan fingerprint density at radius 2 is 2.00 bits per heavy atom. The number of allylic oxidation sites excluding steroid dienone is 2. The molecule has 0 aromatic rings. The summed E-state index contributed by atoms with van der Waals surface area (Å²) >= 11 is 0. The van der Waals surface area contributed by atoms with E-state index in [1.807, 2.05) is 20.9 Å². The first kappa shape index (κ1) is 8.57. The van der Waals surface area contributed by atoms with Crippen LogP contribution in [0.15, 0.2) is 11.3 Å². The van der Waals surface area contributed by atoms with Crippen LogP contribution >= 0.6 is 0 Å². The van der Waals surface area contributed by atoms with Crippen molar-refractivity contribution in [2.24, 2.45) is 0 Å². The predicted molar refractivity (Wildman–Crippen MR) is 45.1 cm³/mol. The molecule has 2 unspecified atom stereocenters. The SMILES string of the molecule is CC1=C(C)N(C)C(C)CC1F. The molecule has 0 aromatic carbocycles. The Morgan fingerprint density at radius 3 is 2.55 bits per heavy atom. The number of halogens is 1. The molecular formula is C9H16FN. The zero-order valence-electron chi connectivity index (χ0n) is 7.69. The van der Waals surface area contributed by atoms with Crippen molar-refractivity contribution < 1.29 is 4.39 Å². The molecule has 1 rings (SSSR count). The standard InChI is InChI=1S/C9H16FN/c1-6-5-9(10)7(2)8(3)11(6)4/h6,9H,5H2,1-4H3. The second-order valence-corrected chi connectivity index (χ2v) is 3.43. The van der Waals surface area contributed by atoms with Gasteiger partial charge in [-0.25, -0.2) is 4.39 Å². The number of nitrogens with zero attached hydrogens (tertiary/aromatic N) is 1. The van der Waals surface area contributed by atoms with Gasteiger partial charge in [0.1, 0.15) is 6.17 Å². The molecule has 0 amide bonds. The molecule has 2 atom stereocenters. The van der Waals surface area contributed by atoms with Gasteiger partial charge in [0, 0.05) is 25.2 Å². The van der Waals surface area contributed by atoms with Crippen LogP contribution in [0.4, 0.5) is 4.39 Å².